The summed E-state index contributed by atoms with van der Waals surface area (Å²) in [5.41, 5.74) is 2.00. The first-order chi connectivity index (χ1) is 7.59. The van der Waals surface area contributed by atoms with Gasteiger partial charge in [-0.3, -0.25) is 0 Å². The van der Waals surface area contributed by atoms with E-state index in [9.17, 15) is 4.39 Å². The van der Waals surface area contributed by atoms with Crippen LogP contribution in [-0.4, -0.2) is 9.55 Å². The van der Waals surface area contributed by atoms with E-state index in [4.69, 9.17) is 0 Å². The van der Waals surface area contributed by atoms with Gasteiger partial charge in [-0.15, -0.1) is 0 Å². The number of hydrogen-bond acceptors (Lipinski definition) is 1. The van der Waals surface area contributed by atoms with Crippen LogP contribution in [0.4, 0.5) is 4.39 Å². The fourth-order valence-electron chi connectivity index (χ4n) is 1.84. The van der Waals surface area contributed by atoms with Gasteiger partial charge in [0.2, 0.25) is 0 Å². The fourth-order valence-corrected chi connectivity index (χ4v) is 1.84. The molecule has 0 fully saturated rings. The molecule has 0 atom stereocenters. The lowest BCUT2D eigenvalue weighted by molar-refractivity contribution is 0.623. The molecule has 2 rings (SSSR count). The monoisotopic (exact) mass is 218 g/mol. The van der Waals surface area contributed by atoms with Crippen LogP contribution in [-0.2, 0) is 7.05 Å². The zero-order chi connectivity index (χ0) is 11.7. The Hall–Kier alpha value is -1.64. The molecule has 84 valence electrons. The average molecular weight is 218 g/mol. The van der Waals surface area contributed by atoms with Crippen LogP contribution in [0.2, 0.25) is 0 Å². The number of rotatable bonds is 2. The molecule has 1 aromatic heterocycles. The summed E-state index contributed by atoms with van der Waals surface area (Å²) in [7, 11) is 1.94. The zero-order valence-corrected chi connectivity index (χ0v) is 9.74. The van der Waals surface area contributed by atoms with Gasteiger partial charge in [0.15, 0.2) is 0 Å². The van der Waals surface area contributed by atoms with E-state index in [1.165, 1.54) is 6.07 Å². The molecule has 1 heterocycles. The summed E-state index contributed by atoms with van der Waals surface area (Å²) in [4.78, 5) is 4.30. The van der Waals surface area contributed by atoms with E-state index in [-0.39, 0.29) is 11.7 Å². The molecule has 0 aliphatic carbocycles. The lowest BCUT2D eigenvalue weighted by Gasteiger charge is -2.12. The van der Waals surface area contributed by atoms with Crippen molar-refractivity contribution in [2.75, 3.05) is 0 Å². The van der Waals surface area contributed by atoms with Crippen LogP contribution in [0.5, 0.6) is 0 Å². The van der Waals surface area contributed by atoms with Gasteiger partial charge in [-0.2, -0.15) is 0 Å². The SMILES string of the molecule is CC(C)c1cc(F)ccc1-c1nccn1C. The minimum atomic E-state index is -0.193. The Bertz CT molecular complexity index is 500. The second-order valence-electron chi connectivity index (χ2n) is 4.25. The summed E-state index contributed by atoms with van der Waals surface area (Å²) >= 11 is 0. The number of aryl methyl sites for hydroxylation is 1. The molecule has 0 aliphatic rings. The van der Waals surface area contributed by atoms with Crippen molar-refractivity contribution in [2.45, 2.75) is 19.8 Å². The summed E-state index contributed by atoms with van der Waals surface area (Å²) in [6.07, 6.45) is 3.64. The van der Waals surface area contributed by atoms with Gasteiger partial charge in [0.25, 0.3) is 0 Å². The highest BCUT2D eigenvalue weighted by molar-refractivity contribution is 5.61. The molecule has 0 bridgehead atoms. The van der Waals surface area contributed by atoms with Crippen LogP contribution in [0.15, 0.2) is 30.6 Å². The summed E-state index contributed by atoms with van der Waals surface area (Å²) < 4.78 is 15.2. The van der Waals surface area contributed by atoms with E-state index in [1.807, 2.05) is 17.8 Å². The maximum Gasteiger partial charge on any atom is 0.139 e. The van der Waals surface area contributed by atoms with Gasteiger partial charge >= 0.3 is 0 Å². The predicted octanol–water partition coefficient (Wildman–Crippen LogP) is 3.35. The largest absolute Gasteiger partial charge is 0.334 e. The van der Waals surface area contributed by atoms with E-state index in [0.29, 0.717) is 0 Å². The van der Waals surface area contributed by atoms with Crippen molar-refractivity contribution >= 4 is 0 Å². The fraction of sp³-hybridized carbons (Fsp3) is 0.308. The number of aromatic nitrogens is 2. The molecule has 0 spiro atoms. The van der Waals surface area contributed by atoms with Crippen LogP contribution < -0.4 is 0 Å². The number of halogens is 1. The Balaban J connectivity index is 2.61. The average Bonchev–Trinajstić information content (AvgIpc) is 2.64. The molecule has 0 saturated heterocycles. The van der Waals surface area contributed by atoms with Gasteiger partial charge < -0.3 is 4.57 Å². The maximum atomic E-state index is 13.2. The van der Waals surface area contributed by atoms with Crippen molar-refractivity contribution in [2.24, 2.45) is 7.05 Å². The van der Waals surface area contributed by atoms with Crippen LogP contribution in [0.3, 0.4) is 0 Å². The molecule has 16 heavy (non-hydrogen) atoms. The predicted molar refractivity (Wildman–Crippen MR) is 62.7 cm³/mol. The van der Waals surface area contributed by atoms with Gasteiger partial charge in [0.05, 0.1) is 0 Å². The first-order valence-electron chi connectivity index (χ1n) is 5.36. The Morgan fingerprint density at radius 3 is 2.62 bits per heavy atom. The van der Waals surface area contributed by atoms with Crippen LogP contribution in [0.25, 0.3) is 11.4 Å². The minimum absolute atomic E-state index is 0.193. The highest BCUT2D eigenvalue weighted by atomic mass is 19.1. The Morgan fingerprint density at radius 2 is 2.06 bits per heavy atom. The standard InChI is InChI=1S/C13H15FN2/c1-9(2)12-8-10(14)4-5-11(12)13-15-6-7-16(13)3/h4-9H,1-3H3. The Morgan fingerprint density at radius 1 is 1.31 bits per heavy atom. The molecule has 0 saturated carbocycles. The Kier molecular flexibility index (Phi) is 2.77. The molecule has 1 aromatic carbocycles. The second-order valence-corrected chi connectivity index (χ2v) is 4.25. The topological polar surface area (TPSA) is 17.8 Å². The number of benzene rings is 1. The molecule has 0 unspecified atom stereocenters. The molecular formula is C13H15FN2. The van der Waals surface area contributed by atoms with E-state index < -0.39 is 0 Å². The maximum absolute atomic E-state index is 13.2. The van der Waals surface area contributed by atoms with Gasteiger partial charge in [-0.25, -0.2) is 9.37 Å². The first kappa shape index (κ1) is 10.9. The van der Waals surface area contributed by atoms with Crippen LogP contribution in [0, 0.1) is 5.82 Å². The number of imidazole rings is 1. The van der Waals surface area contributed by atoms with Gasteiger partial charge in [-0.05, 0) is 29.7 Å². The van der Waals surface area contributed by atoms with E-state index in [2.05, 4.69) is 18.8 Å². The normalized spacial score (nSPS) is 11.1. The third-order valence-electron chi connectivity index (χ3n) is 2.70. The van der Waals surface area contributed by atoms with Crippen molar-refractivity contribution in [3.8, 4) is 11.4 Å². The van der Waals surface area contributed by atoms with Crippen molar-refractivity contribution in [1.29, 1.82) is 0 Å². The summed E-state index contributed by atoms with van der Waals surface area (Å²) in [6, 6.07) is 4.87. The van der Waals surface area contributed by atoms with Gasteiger partial charge in [-0.1, -0.05) is 13.8 Å². The number of hydrogen-bond donors (Lipinski definition) is 0. The molecular weight excluding hydrogens is 203 g/mol. The highest BCUT2D eigenvalue weighted by Crippen LogP contribution is 2.28. The molecule has 2 aromatic rings. The molecule has 0 amide bonds. The molecule has 0 aliphatic heterocycles. The minimum Gasteiger partial charge on any atom is -0.334 e. The summed E-state index contributed by atoms with van der Waals surface area (Å²) in [5, 5.41) is 0. The lowest BCUT2D eigenvalue weighted by atomic mass is 9.96. The Labute approximate surface area is 94.8 Å². The van der Waals surface area contributed by atoms with Crippen molar-refractivity contribution in [3.63, 3.8) is 0 Å². The van der Waals surface area contributed by atoms with Crippen LogP contribution >= 0.6 is 0 Å². The molecule has 3 heteroatoms. The molecule has 0 radical (unpaired) electrons. The summed E-state index contributed by atoms with van der Waals surface area (Å²) in [5.74, 6) is 0.966. The van der Waals surface area contributed by atoms with Gasteiger partial charge in [0.1, 0.15) is 11.6 Å². The third-order valence-corrected chi connectivity index (χ3v) is 2.70. The van der Waals surface area contributed by atoms with Crippen molar-refractivity contribution in [3.05, 3.63) is 42.0 Å². The van der Waals surface area contributed by atoms with E-state index >= 15 is 0 Å². The summed E-state index contributed by atoms with van der Waals surface area (Å²) in [6.45, 7) is 4.11. The van der Waals surface area contributed by atoms with Crippen molar-refractivity contribution in [1.82, 2.24) is 9.55 Å². The van der Waals surface area contributed by atoms with E-state index in [0.717, 1.165) is 17.0 Å². The highest BCUT2D eigenvalue weighted by Gasteiger charge is 2.12. The van der Waals surface area contributed by atoms with E-state index in [1.54, 1.807) is 18.3 Å². The van der Waals surface area contributed by atoms with Gasteiger partial charge in [0, 0.05) is 25.0 Å². The number of nitrogens with zero attached hydrogens (tertiary/aromatic N) is 2. The zero-order valence-electron chi connectivity index (χ0n) is 9.74. The lowest BCUT2D eigenvalue weighted by Crippen LogP contribution is -1.98. The first-order valence-corrected chi connectivity index (χ1v) is 5.36. The van der Waals surface area contributed by atoms with Crippen LogP contribution in [0.1, 0.15) is 25.3 Å². The van der Waals surface area contributed by atoms with Crippen molar-refractivity contribution < 1.29 is 4.39 Å². The second kappa shape index (κ2) is 4.08. The smallest absolute Gasteiger partial charge is 0.139 e. The molecule has 0 N–H and O–H groups in total. The molecule has 2 nitrogen and oxygen atoms in total. The third kappa shape index (κ3) is 1.85. The quantitative estimate of drug-likeness (QED) is 0.755.